The van der Waals surface area contributed by atoms with E-state index in [0.717, 1.165) is 15.9 Å². The number of amides is 1. The van der Waals surface area contributed by atoms with Gasteiger partial charge in [0.25, 0.3) is 0 Å². The van der Waals surface area contributed by atoms with Gasteiger partial charge in [-0.15, -0.1) is 11.8 Å². The minimum absolute atomic E-state index is 0.0222. The first-order chi connectivity index (χ1) is 14.0. The first kappa shape index (κ1) is 19.6. The second kappa shape index (κ2) is 8.34. The zero-order chi connectivity index (χ0) is 20.4. The Balaban J connectivity index is 1.28. The number of aromatic nitrogens is 2. The maximum Gasteiger partial charge on any atom is 0.326 e. The van der Waals surface area contributed by atoms with Crippen molar-refractivity contribution in [2.24, 2.45) is 0 Å². The van der Waals surface area contributed by atoms with Crippen molar-refractivity contribution in [3.8, 4) is 0 Å². The SMILES string of the molecule is O=C(CC1Sc2ccc(Cl)cc2NC1=O)OCCCn1c(=O)[nH]c2ccccc21. The average Bonchev–Trinajstić information content (AvgIpc) is 3.01. The summed E-state index contributed by atoms with van der Waals surface area (Å²) in [4.78, 5) is 40.1. The van der Waals surface area contributed by atoms with Crippen LogP contribution >= 0.6 is 23.4 Å². The van der Waals surface area contributed by atoms with Crippen LogP contribution < -0.4 is 11.0 Å². The van der Waals surface area contributed by atoms with E-state index in [9.17, 15) is 14.4 Å². The molecule has 7 nitrogen and oxygen atoms in total. The number of halogens is 1. The first-order valence-electron chi connectivity index (χ1n) is 9.11. The van der Waals surface area contributed by atoms with Gasteiger partial charge in [0.2, 0.25) is 5.91 Å². The van der Waals surface area contributed by atoms with Crippen molar-refractivity contribution in [2.45, 2.75) is 29.5 Å². The summed E-state index contributed by atoms with van der Waals surface area (Å²) in [6.07, 6.45) is 0.477. The van der Waals surface area contributed by atoms with Gasteiger partial charge in [-0.2, -0.15) is 0 Å². The molecule has 1 atom stereocenters. The Morgan fingerprint density at radius 3 is 2.90 bits per heavy atom. The maximum atomic E-state index is 12.2. The van der Waals surface area contributed by atoms with Gasteiger partial charge < -0.3 is 15.0 Å². The van der Waals surface area contributed by atoms with E-state index in [0.29, 0.717) is 23.7 Å². The third-order valence-corrected chi connectivity index (χ3v) is 6.09. The predicted molar refractivity (Wildman–Crippen MR) is 112 cm³/mol. The number of aryl methyl sites for hydroxylation is 1. The number of para-hydroxylation sites is 2. The number of thioether (sulfide) groups is 1. The molecule has 1 aliphatic rings. The molecule has 1 amide bonds. The number of imidazole rings is 1. The van der Waals surface area contributed by atoms with Gasteiger partial charge >= 0.3 is 11.7 Å². The number of hydrogen-bond acceptors (Lipinski definition) is 5. The Kier molecular flexibility index (Phi) is 5.64. The van der Waals surface area contributed by atoms with Crippen molar-refractivity contribution < 1.29 is 14.3 Å². The lowest BCUT2D eigenvalue weighted by atomic mass is 10.2. The Hall–Kier alpha value is -2.71. The molecule has 29 heavy (non-hydrogen) atoms. The number of benzene rings is 2. The number of fused-ring (bicyclic) bond motifs is 2. The van der Waals surface area contributed by atoms with Gasteiger partial charge in [0.05, 0.1) is 35.0 Å². The number of carbonyl (C=O) groups excluding carboxylic acids is 2. The average molecular weight is 432 g/mol. The summed E-state index contributed by atoms with van der Waals surface area (Å²) in [5.74, 6) is -0.687. The van der Waals surface area contributed by atoms with Crippen LogP contribution in [0.25, 0.3) is 11.0 Å². The van der Waals surface area contributed by atoms with E-state index in [-0.39, 0.29) is 24.6 Å². The number of esters is 1. The molecule has 4 rings (SSSR count). The van der Waals surface area contributed by atoms with Crippen LogP contribution in [0, 0.1) is 0 Å². The molecule has 2 heterocycles. The Morgan fingerprint density at radius 2 is 2.03 bits per heavy atom. The van der Waals surface area contributed by atoms with Crippen molar-refractivity contribution in [3.63, 3.8) is 0 Å². The number of aromatic amines is 1. The van der Waals surface area contributed by atoms with Crippen LogP contribution in [0.1, 0.15) is 12.8 Å². The molecule has 1 unspecified atom stereocenters. The number of ether oxygens (including phenoxy) is 1. The molecule has 0 saturated carbocycles. The molecular weight excluding hydrogens is 414 g/mol. The third-order valence-electron chi connectivity index (χ3n) is 4.58. The maximum absolute atomic E-state index is 12.2. The zero-order valence-electron chi connectivity index (χ0n) is 15.3. The molecule has 150 valence electrons. The van der Waals surface area contributed by atoms with Crippen molar-refractivity contribution >= 4 is 52.0 Å². The Labute approximate surface area is 175 Å². The van der Waals surface area contributed by atoms with E-state index in [1.165, 1.54) is 11.8 Å². The lowest BCUT2D eigenvalue weighted by Gasteiger charge is -2.23. The minimum Gasteiger partial charge on any atom is -0.466 e. The van der Waals surface area contributed by atoms with Gasteiger partial charge in [-0.1, -0.05) is 23.7 Å². The quantitative estimate of drug-likeness (QED) is 0.460. The van der Waals surface area contributed by atoms with Gasteiger partial charge in [-0.05, 0) is 36.8 Å². The number of nitrogens with one attached hydrogen (secondary N) is 2. The largest absolute Gasteiger partial charge is 0.466 e. The smallest absolute Gasteiger partial charge is 0.326 e. The molecule has 0 aliphatic carbocycles. The molecule has 0 bridgehead atoms. The van der Waals surface area contributed by atoms with Gasteiger partial charge in [0.1, 0.15) is 0 Å². The Bertz CT molecular complexity index is 1140. The van der Waals surface area contributed by atoms with Crippen molar-refractivity contribution in [3.05, 3.63) is 58.0 Å². The van der Waals surface area contributed by atoms with Crippen molar-refractivity contribution in [1.82, 2.24) is 9.55 Å². The van der Waals surface area contributed by atoms with Gasteiger partial charge in [0.15, 0.2) is 0 Å². The molecule has 0 radical (unpaired) electrons. The monoisotopic (exact) mass is 431 g/mol. The predicted octanol–water partition coefficient (Wildman–Crippen LogP) is 3.42. The topological polar surface area (TPSA) is 93.2 Å². The van der Waals surface area contributed by atoms with E-state index in [2.05, 4.69) is 10.3 Å². The third kappa shape index (κ3) is 4.33. The lowest BCUT2D eigenvalue weighted by molar-refractivity contribution is -0.144. The van der Waals surface area contributed by atoms with E-state index in [1.54, 1.807) is 16.7 Å². The Morgan fingerprint density at radius 1 is 1.21 bits per heavy atom. The van der Waals surface area contributed by atoms with Crippen LogP contribution in [0.2, 0.25) is 5.02 Å². The van der Waals surface area contributed by atoms with Gasteiger partial charge in [0, 0.05) is 16.5 Å². The number of carbonyl (C=O) groups is 2. The fourth-order valence-electron chi connectivity index (χ4n) is 3.20. The number of H-pyrrole nitrogens is 1. The molecule has 0 saturated heterocycles. The highest BCUT2D eigenvalue weighted by Gasteiger charge is 2.29. The van der Waals surface area contributed by atoms with Crippen LogP contribution in [0.4, 0.5) is 5.69 Å². The molecule has 1 aliphatic heterocycles. The first-order valence-corrected chi connectivity index (χ1v) is 10.4. The summed E-state index contributed by atoms with van der Waals surface area (Å²) in [7, 11) is 0. The molecule has 0 spiro atoms. The number of nitrogens with zero attached hydrogens (tertiary/aromatic N) is 1. The molecule has 1 aromatic heterocycles. The van der Waals surface area contributed by atoms with Crippen LogP contribution in [0.3, 0.4) is 0 Å². The second-order valence-corrected chi connectivity index (χ2v) is 8.29. The van der Waals surface area contributed by atoms with Gasteiger partial charge in [-0.25, -0.2) is 4.79 Å². The minimum atomic E-state index is -0.549. The van der Waals surface area contributed by atoms with E-state index >= 15 is 0 Å². The van der Waals surface area contributed by atoms with Gasteiger partial charge in [-0.3, -0.25) is 14.2 Å². The van der Waals surface area contributed by atoms with Crippen LogP contribution in [0.15, 0.2) is 52.2 Å². The van der Waals surface area contributed by atoms with Crippen LogP contribution in [-0.4, -0.2) is 33.3 Å². The van der Waals surface area contributed by atoms with E-state index in [4.69, 9.17) is 16.3 Å². The number of anilines is 1. The fourth-order valence-corrected chi connectivity index (χ4v) is 4.45. The number of hydrogen-bond donors (Lipinski definition) is 2. The number of rotatable bonds is 6. The highest BCUT2D eigenvalue weighted by Crippen LogP contribution is 2.38. The molecule has 2 aromatic carbocycles. The molecule has 9 heteroatoms. The lowest BCUT2D eigenvalue weighted by Crippen LogP contribution is -2.31. The van der Waals surface area contributed by atoms with E-state index < -0.39 is 11.2 Å². The van der Waals surface area contributed by atoms with Crippen molar-refractivity contribution in [1.29, 1.82) is 0 Å². The molecular formula is C20H18ClN3O4S. The zero-order valence-corrected chi connectivity index (χ0v) is 16.9. The highest BCUT2D eigenvalue weighted by molar-refractivity contribution is 8.01. The summed E-state index contributed by atoms with van der Waals surface area (Å²) in [5, 5.41) is 2.76. The summed E-state index contributed by atoms with van der Waals surface area (Å²) in [6, 6.07) is 12.7. The van der Waals surface area contributed by atoms with Crippen LogP contribution in [-0.2, 0) is 20.9 Å². The molecule has 0 fully saturated rings. The van der Waals surface area contributed by atoms with Crippen molar-refractivity contribution in [2.75, 3.05) is 11.9 Å². The van der Waals surface area contributed by atoms with Crippen LogP contribution in [0.5, 0.6) is 0 Å². The highest BCUT2D eigenvalue weighted by atomic mass is 35.5. The standard InChI is InChI=1S/C20H18ClN3O4S/c21-12-6-7-16-14(10-12)22-19(26)17(29-16)11-18(25)28-9-3-8-24-15-5-2-1-4-13(15)23-20(24)27/h1-2,4-7,10,17H,3,8-9,11H2,(H,22,26)(H,23,27). The summed E-state index contributed by atoms with van der Waals surface area (Å²) in [6.45, 7) is 0.610. The molecule has 2 N–H and O–H groups in total. The summed E-state index contributed by atoms with van der Waals surface area (Å²) >= 11 is 7.26. The van der Waals surface area contributed by atoms with E-state index in [1.807, 2.05) is 30.3 Å². The fraction of sp³-hybridized carbons (Fsp3) is 0.250. The normalized spacial score (nSPS) is 15.8. The second-order valence-electron chi connectivity index (χ2n) is 6.61. The summed E-state index contributed by atoms with van der Waals surface area (Å²) < 4.78 is 6.89. The summed E-state index contributed by atoms with van der Waals surface area (Å²) in [5.41, 5.74) is 2.06. The molecule has 3 aromatic rings.